The second kappa shape index (κ2) is 7.91. The SMILES string of the molecule is Cc1cc(OCCN2CCOCC2)ccc1C#CCN. The van der Waals surface area contributed by atoms with E-state index in [0.29, 0.717) is 13.2 Å². The van der Waals surface area contributed by atoms with Gasteiger partial charge in [-0.2, -0.15) is 0 Å². The Morgan fingerprint density at radius 2 is 2.15 bits per heavy atom. The summed E-state index contributed by atoms with van der Waals surface area (Å²) < 4.78 is 11.1. The summed E-state index contributed by atoms with van der Waals surface area (Å²) in [5, 5.41) is 0. The molecule has 0 aromatic heterocycles. The Labute approximate surface area is 120 Å². The van der Waals surface area contributed by atoms with Crippen molar-refractivity contribution < 1.29 is 9.47 Å². The third kappa shape index (κ3) is 4.53. The van der Waals surface area contributed by atoms with E-state index in [1.807, 2.05) is 25.1 Å². The third-order valence-corrected chi connectivity index (χ3v) is 3.30. The van der Waals surface area contributed by atoms with Crippen molar-refractivity contribution in [3.8, 4) is 17.6 Å². The van der Waals surface area contributed by atoms with Crippen molar-refractivity contribution in [2.75, 3.05) is 46.0 Å². The molecule has 4 nitrogen and oxygen atoms in total. The van der Waals surface area contributed by atoms with E-state index in [4.69, 9.17) is 15.2 Å². The second-order valence-corrected chi connectivity index (χ2v) is 4.79. The molecule has 2 rings (SSSR count). The van der Waals surface area contributed by atoms with Crippen LogP contribution in [0.3, 0.4) is 0 Å². The van der Waals surface area contributed by atoms with Gasteiger partial charge < -0.3 is 15.2 Å². The van der Waals surface area contributed by atoms with Crippen molar-refractivity contribution in [1.82, 2.24) is 4.90 Å². The summed E-state index contributed by atoms with van der Waals surface area (Å²) in [4.78, 5) is 2.36. The maximum Gasteiger partial charge on any atom is 0.119 e. The van der Waals surface area contributed by atoms with Crippen LogP contribution >= 0.6 is 0 Å². The molecule has 0 bridgehead atoms. The predicted molar refractivity (Wildman–Crippen MR) is 79.9 cm³/mol. The van der Waals surface area contributed by atoms with Gasteiger partial charge in [0.25, 0.3) is 0 Å². The van der Waals surface area contributed by atoms with Gasteiger partial charge in [0.1, 0.15) is 12.4 Å². The summed E-state index contributed by atoms with van der Waals surface area (Å²) in [5.74, 6) is 6.82. The molecule has 0 aliphatic carbocycles. The molecular formula is C16H22N2O2. The van der Waals surface area contributed by atoms with Crippen LogP contribution in [0.2, 0.25) is 0 Å². The Bertz CT molecular complexity index is 485. The highest BCUT2D eigenvalue weighted by Gasteiger charge is 2.09. The van der Waals surface area contributed by atoms with E-state index in [1.165, 1.54) is 0 Å². The molecule has 1 aliphatic heterocycles. The van der Waals surface area contributed by atoms with Crippen molar-refractivity contribution >= 4 is 0 Å². The number of nitrogens with zero attached hydrogens (tertiary/aromatic N) is 1. The first-order valence-electron chi connectivity index (χ1n) is 7.02. The van der Waals surface area contributed by atoms with Crippen molar-refractivity contribution in [2.24, 2.45) is 5.73 Å². The highest BCUT2D eigenvalue weighted by molar-refractivity contribution is 5.44. The van der Waals surface area contributed by atoms with Crippen molar-refractivity contribution in [2.45, 2.75) is 6.92 Å². The quantitative estimate of drug-likeness (QED) is 0.833. The molecular weight excluding hydrogens is 252 g/mol. The van der Waals surface area contributed by atoms with Crippen LogP contribution < -0.4 is 10.5 Å². The zero-order valence-corrected chi connectivity index (χ0v) is 12.0. The van der Waals surface area contributed by atoms with Crippen molar-refractivity contribution in [1.29, 1.82) is 0 Å². The number of morpholine rings is 1. The molecule has 20 heavy (non-hydrogen) atoms. The lowest BCUT2D eigenvalue weighted by atomic mass is 10.1. The van der Waals surface area contributed by atoms with Crippen LogP contribution in [0.5, 0.6) is 5.75 Å². The number of hydrogen-bond acceptors (Lipinski definition) is 4. The topological polar surface area (TPSA) is 47.7 Å². The van der Waals surface area contributed by atoms with Crippen LogP contribution in [0.15, 0.2) is 18.2 Å². The summed E-state index contributed by atoms with van der Waals surface area (Å²) in [5.41, 5.74) is 7.51. The van der Waals surface area contributed by atoms with E-state index in [0.717, 1.165) is 49.7 Å². The Morgan fingerprint density at radius 1 is 1.35 bits per heavy atom. The number of ether oxygens (including phenoxy) is 2. The van der Waals surface area contributed by atoms with Gasteiger partial charge in [-0.1, -0.05) is 11.8 Å². The average molecular weight is 274 g/mol. The van der Waals surface area contributed by atoms with Gasteiger partial charge in [0.15, 0.2) is 0 Å². The standard InChI is InChI=1S/C16H22N2O2/c1-14-13-16(5-4-15(14)3-2-6-17)20-12-9-18-7-10-19-11-8-18/h4-5,13H,6-12,17H2,1H3. The number of benzene rings is 1. The monoisotopic (exact) mass is 274 g/mol. The van der Waals surface area contributed by atoms with Gasteiger partial charge in [-0.25, -0.2) is 0 Å². The summed E-state index contributed by atoms with van der Waals surface area (Å²) in [7, 11) is 0. The molecule has 108 valence electrons. The number of hydrogen-bond donors (Lipinski definition) is 1. The molecule has 1 fully saturated rings. The zero-order valence-electron chi connectivity index (χ0n) is 12.0. The lowest BCUT2D eigenvalue weighted by molar-refractivity contribution is 0.0322. The number of nitrogens with two attached hydrogens (primary N) is 1. The fourth-order valence-corrected chi connectivity index (χ4v) is 2.13. The van der Waals surface area contributed by atoms with Gasteiger partial charge in [-0.05, 0) is 30.7 Å². The minimum Gasteiger partial charge on any atom is -0.492 e. The fraction of sp³-hybridized carbons (Fsp3) is 0.500. The summed E-state index contributed by atoms with van der Waals surface area (Å²) in [6, 6.07) is 5.98. The maximum atomic E-state index is 5.79. The Morgan fingerprint density at radius 3 is 2.85 bits per heavy atom. The van der Waals surface area contributed by atoms with Crippen LogP contribution in [0, 0.1) is 18.8 Å². The number of rotatable bonds is 4. The highest BCUT2D eigenvalue weighted by Crippen LogP contribution is 2.16. The fourth-order valence-electron chi connectivity index (χ4n) is 2.13. The molecule has 1 aromatic carbocycles. The largest absolute Gasteiger partial charge is 0.492 e. The first-order chi connectivity index (χ1) is 9.79. The molecule has 1 aromatic rings. The highest BCUT2D eigenvalue weighted by atomic mass is 16.5. The molecule has 0 spiro atoms. The van der Waals surface area contributed by atoms with Gasteiger partial charge in [-0.15, -0.1) is 0 Å². The minimum absolute atomic E-state index is 0.386. The summed E-state index contributed by atoms with van der Waals surface area (Å²) in [6.07, 6.45) is 0. The van der Waals surface area contributed by atoms with Crippen LogP contribution in [-0.4, -0.2) is 50.9 Å². The maximum absolute atomic E-state index is 5.79. The third-order valence-electron chi connectivity index (χ3n) is 3.30. The Balaban J connectivity index is 1.82. The van der Waals surface area contributed by atoms with Gasteiger partial charge >= 0.3 is 0 Å². The molecule has 0 radical (unpaired) electrons. The normalized spacial score (nSPS) is 15.5. The molecule has 4 heteroatoms. The summed E-state index contributed by atoms with van der Waals surface area (Å²) in [6.45, 7) is 7.71. The minimum atomic E-state index is 0.386. The lowest BCUT2D eigenvalue weighted by Gasteiger charge is -2.26. The van der Waals surface area contributed by atoms with E-state index >= 15 is 0 Å². The second-order valence-electron chi connectivity index (χ2n) is 4.79. The first-order valence-corrected chi connectivity index (χ1v) is 7.02. The van der Waals surface area contributed by atoms with E-state index in [2.05, 4.69) is 16.7 Å². The van der Waals surface area contributed by atoms with E-state index in [9.17, 15) is 0 Å². The van der Waals surface area contributed by atoms with Gasteiger partial charge in [0.2, 0.25) is 0 Å². The van der Waals surface area contributed by atoms with Crippen LogP contribution in [0.1, 0.15) is 11.1 Å². The average Bonchev–Trinajstić information content (AvgIpc) is 2.47. The van der Waals surface area contributed by atoms with Crippen LogP contribution in [0.4, 0.5) is 0 Å². The molecule has 0 unspecified atom stereocenters. The van der Waals surface area contributed by atoms with Gasteiger partial charge in [0, 0.05) is 25.2 Å². The van der Waals surface area contributed by atoms with E-state index < -0.39 is 0 Å². The van der Waals surface area contributed by atoms with Crippen LogP contribution in [0.25, 0.3) is 0 Å². The van der Waals surface area contributed by atoms with E-state index in [-0.39, 0.29) is 0 Å². The molecule has 2 N–H and O–H groups in total. The first kappa shape index (κ1) is 14.9. The lowest BCUT2D eigenvalue weighted by Crippen LogP contribution is -2.38. The van der Waals surface area contributed by atoms with Gasteiger partial charge in [0.05, 0.1) is 19.8 Å². The van der Waals surface area contributed by atoms with E-state index in [1.54, 1.807) is 0 Å². The zero-order chi connectivity index (χ0) is 14.2. The molecule has 1 heterocycles. The molecule has 1 saturated heterocycles. The molecule has 0 amide bonds. The smallest absolute Gasteiger partial charge is 0.119 e. The molecule has 1 aliphatic rings. The van der Waals surface area contributed by atoms with Gasteiger partial charge in [-0.3, -0.25) is 4.90 Å². The number of aryl methyl sites for hydroxylation is 1. The molecule has 0 saturated carbocycles. The van der Waals surface area contributed by atoms with Crippen LogP contribution in [-0.2, 0) is 4.74 Å². The Hall–Kier alpha value is -1.54. The van der Waals surface area contributed by atoms with Crippen molar-refractivity contribution in [3.05, 3.63) is 29.3 Å². The molecule has 0 atom stereocenters. The predicted octanol–water partition coefficient (Wildman–Crippen LogP) is 1.02. The van der Waals surface area contributed by atoms with Crippen molar-refractivity contribution in [3.63, 3.8) is 0 Å². The Kier molecular flexibility index (Phi) is 5.87. The summed E-state index contributed by atoms with van der Waals surface area (Å²) >= 11 is 0.